The SMILES string of the molecule is O=C(O)CNC(=O)c1ccc(C([O-])([O-])N2CCCC2)cc1. The van der Waals surface area contributed by atoms with Crippen LogP contribution in [0.1, 0.15) is 28.8 Å². The Hall–Kier alpha value is -1.96. The van der Waals surface area contributed by atoms with E-state index >= 15 is 0 Å². The van der Waals surface area contributed by atoms with E-state index in [0.29, 0.717) is 13.1 Å². The zero-order valence-electron chi connectivity index (χ0n) is 11.4. The van der Waals surface area contributed by atoms with Gasteiger partial charge < -0.3 is 25.5 Å². The van der Waals surface area contributed by atoms with Crippen molar-refractivity contribution in [2.75, 3.05) is 19.6 Å². The maximum absolute atomic E-state index is 12.2. The topological polar surface area (TPSA) is 116 Å². The van der Waals surface area contributed by atoms with Crippen molar-refractivity contribution in [2.24, 2.45) is 0 Å². The number of hydrogen-bond donors (Lipinski definition) is 2. The van der Waals surface area contributed by atoms with Gasteiger partial charge in [-0.2, -0.15) is 0 Å². The first-order valence-electron chi connectivity index (χ1n) is 6.67. The summed E-state index contributed by atoms with van der Waals surface area (Å²) < 4.78 is 0. The molecule has 0 aromatic heterocycles. The molecule has 1 fully saturated rings. The van der Waals surface area contributed by atoms with E-state index < -0.39 is 24.3 Å². The van der Waals surface area contributed by atoms with Crippen molar-refractivity contribution in [3.05, 3.63) is 35.4 Å². The smallest absolute Gasteiger partial charge is 0.322 e. The molecule has 7 heteroatoms. The maximum atomic E-state index is 12.2. The first-order valence-corrected chi connectivity index (χ1v) is 6.67. The molecule has 21 heavy (non-hydrogen) atoms. The number of carbonyl (C=O) groups is 2. The Kier molecular flexibility index (Phi) is 4.56. The average Bonchev–Trinajstić information content (AvgIpc) is 2.99. The molecule has 1 aliphatic rings. The fourth-order valence-electron chi connectivity index (χ4n) is 2.28. The highest BCUT2D eigenvalue weighted by atomic mass is 16.5. The molecule has 0 saturated carbocycles. The number of benzene rings is 1. The number of carbonyl (C=O) groups excluding carboxylic acids is 1. The van der Waals surface area contributed by atoms with Gasteiger partial charge in [0.1, 0.15) is 6.54 Å². The van der Waals surface area contributed by atoms with E-state index in [1.54, 1.807) is 0 Å². The zero-order chi connectivity index (χ0) is 15.5. The summed E-state index contributed by atoms with van der Waals surface area (Å²) in [6.07, 6.45) is 1.67. The van der Waals surface area contributed by atoms with Gasteiger partial charge in [-0.05, 0) is 38.1 Å². The van der Waals surface area contributed by atoms with Gasteiger partial charge in [0, 0.05) is 5.56 Å². The molecule has 2 rings (SSSR count). The lowest BCUT2D eigenvalue weighted by atomic mass is 10.1. The molecule has 0 atom stereocenters. The molecule has 1 aromatic carbocycles. The molecule has 114 valence electrons. The predicted molar refractivity (Wildman–Crippen MR) is 68.9 cm³/mol. The predicted octanol–water partition coefficient (Wildman–Crippen LogP) is -1.57. The Balaban J connectivity index is 2.07. The first kappa shape index (κ1) is 15.4. The lowest BCUT2D eigenvalue weighted by Crippen LogP contribution is -2.64. The van der Waals surface area contributed by atoms with Crippen LogP contribution in [-0.4, -0.2) is 41.5 Å². The van der Waals surface area contributed by atoms with Crippen LogP contribution < -0.4 is 15.5 Å². The molecule has 2 N–H and O–H groups in total. The lowest BCUT2D eigenvalue weighted by molar-refractivity contribution is -0.770. The van der Waals surface area contributed by atoms with Crippen molar-refractivity contribution in [3.8, 4) is 0 Å². The maximum Gasteiger partial charge on any atom is 0.322 e. The van der Waals surface area contributed by atoms with E-state index in [1.807, 2.05) is 0 Å². The zero-order valence-corrected chi connectivity index (χ0v) is 11.4. The van der Waals surface area contributed by atoms with Gasteiger partial charge in [0.05, 0.1) is 0 Å². The number of hydrogen-bond acceptors (Lipinski definition) is 5. The van der Waals surface area contributed by atoms with Crippen molar-refractivity contribution in [2.45, 2.75) is 18.8 Å². The van der Waals surface area contributed by atoms with Crippen LogP contribution in [0.25, 0.3) is 0 Å². The summed E-state index contributed by atoms with van der Waals surface area (Å²) in [5, 5.41) is 35.1. The number of carboxylic acids is 1. The third kappa shape index (κ3) is 3.57. The second-order valence-corrected chi connectivity index (χ2v) is 4.93. The number of amides is 1. The summed E-state index contributed by atoms with van der Waals surface area (Å²) in [6, 6.07) is 5.36. The van der Waals surface area contributed by atoms with Crippen LogP contribution in [0.15, 0.2) is 24.3 Å². The molecular weight excluding hydrogens is 276 g/mol. The van der Waals surface area contributed by atoms with E-state index in [4.69, 9.17) is 5.11 Å². The Morgan fingerprint density at radius 1 is 1.19 bits per heavy atom. The molecule has 1 saturated heterocycles. The molecule has 0 unspecified atom stereocenters. The van der Waals surface area contributed by atoms with Crippen LogP contribution in [-0.2, 0) is 10.7 Å². The molecule has 1 heterocycles. The fraction of sp³-hybridized carbons (Fsp3) is 0.429. The van der Waals surface area contributed by atoms with Gasteiger partial charge in [0.2, 0.25) is 0 Å². The van der Waals surface area contributed by atoms with Crippen LogP contribution in [0, 0.1) is 0 Å². The monoisotopic (exact) mass is 292 g/mol. The largest absolute Gasteiger partial charge is 0.848 e. The summed E-state index contributed by atoms with van der Waals surface area (Å²) in [4.78, 5) is 23.3. The van der Waals surface area contributed by atoms with Gasteiger partial charge >= 0.3 is 5.97 Å². The van der Waals surface area contributed by atoms with Crippen LogP contribution in [0.4, 0.5) is 0 Å². The van der Waals surface area contributed by atoms with E-state index in [1.165, 1.54) is 29.2 Å². The van der Waals surface area contributed by atoms with E-state index in [2.05, 4.69) is 5.32 Å². The van der Waals surface area contributed by atoms with Crippen molar-refractivity contribution in [1.29, 1.82) is 0 Å². The van der Waals surface area contributed by atoms with E-state index in [9.17, 15) is 19.8 Å². The fourth-order valence-corrected chi connectivity index (χ4v) is 2.28. The molecule has 0 bridgehead atoms. The van der Waals surface area contributed by atoms with Crippen molar-refractivity contribution in [1.82, 2.24) is 10.2 Å². The van der Waals surface area contributed by atoms with Gasteiger partial charge in [0.25, 0.3) is 5.91 Å². The lowest BCUT2D eigenvalue weighted by Gasteiger charge is -2.56. The molecule has 0 spiro atoms. The highest BCUT2D eigenvalue weighted by Crippen LogP contribution is 2.22. The molecule has 0 aliphatic carbocycles. The quantitative estimate of drug-likeness (QED) is 0.633. The second-order valence-electron chi connectivity index (χ2n) is 4.93. The van der Waals surface area contributed by atoms with Crippen molar-refractivity contribution < 1.29 is 24.9 Å². The van der Waals surface area contributed by atoms with Gasteiger partial charge in [-0.15, -0.1) is 5.91 Å². The normalized spacial score (nSPS) is 15.9. The highest BCUT2D eigenvalue weighted by Gasteiger charge is 2.19. The van der Waals surface area contributed by atoms with Crippen molar-refractivity contribution in [3.63, 3.8) is 0 Å². The van der Waals surface area contributed by atoms with E-state index in [0.717, 1.165) is 12.8 Å². The molecule has 0 radical (unpaired) electrons. The number of rotatable bonds is 5. The van der Waals surface area contributed by atoms with E-state index in [-0.39, 0.29) is 11.1 Å². The number of nitrogens with one attached hydrogen (secondary N) is 1. The molecule has 1 aromatic rings. The van der Waals surface area contributed by atoms with Crippen molar-refractivity contribution >= 4 is 11.9 Å². The number of aliphatic carboxylic acids is 1. The molecule has 1 amide bonds. The number of carboxylic acid groups (broad SMARTS) is 1. The van der Waals surface area contributed by atoms with Crippen LogP contribution >= 0.6 is 0 Å². The van der Waals surface area contributed by atoms with Gasteiger partial charge in [-0.3, -0.25) is 9.59 Å². The minimum Gasteiger partial charge on any atom is -0.848 e. The minimum absolute atomic E-state index is 0.0548. The van der Waals surface area contributed by atoms with Crippen LogP contribution in [0.3, 0.4) is 0 Å². The first-order chi connectivity index (χ1) is 9.91. The summed E-state index contributed by atoms with van der Waals surface area (Å²) in [5.41, 5.74) is 0.261. The standard InChI is InChI=1S/C14H16N2O5/c17-12(18)9-15-13(19)10-3-5-11(6-4-10)14(20,21)16-7-1-2-8-16/h3-6H,1-2,7-9H2,(H,15,19)(H,17,18)/q-2. The van der Waals surface area contributed by atoms with Crippen LogP contribution in [0.2, 0.25) is 0 Å². The third-order valence-electron chi connectivity index (χ3n) is 3.43. The highest BCUT2D eigenvalue weighted by molar-refractivity contribution is 5.95. The molecule has 7 nitrogen and oxygen atoms in total. The minimum atomic E-state index is -2.55. The third-order valence-corrected chi connectivity index (χ3v) is 3.43. The Labute approximate surface area is 121 Å². The second kappa shape index (κ2) is 6.21. The van der Waals surface area contributed by atoms with Crippen LogP contribution in [0.5, 0.6) is 0 Å². The van der Waals surface area contributed by atoms with Gasteiger partial charge in [0.15, 0.2) is 0 Å². The summed E-state index contributed by atoms with van der Waals surface area (Å²) >= 11 is 0. The Morgan fingerprint density at radius 3 is 2.29 bits per heavy atom. The summed E-state index contributed by atoms with van der Waals surface area (Å²) in [5.74, 6) is -4.26. The van der Waals surface area contributed by atoms with Gasteiger partial charge in [-0.25, -0.2) is 0 Å². The number of likely N-dealkylation sites (tertiary alicyclic amines) is 1. The number of nitrogens with zero attached hydrogens (tertiary/aromatic N) is 1. The summed E-state index contributed by atoms with van der Waals surface area (Å²) in [7, 11) is 0. The molecular formula is C14H16N2O5-2. The Morgan fingerprint density at radius 2 is 1.76 bits per heavy atom. The average molecular weight is 292 g/mol. The Bertz CT molecular complexity index is 521. The van der Waals surface area contributed by atoms with Gasteiger partial charge in [-0.1, -0.05) is 17.7 Å². The molecule has 1 aliphatic heterocycles. The summed E-state index contributed by atoms with van der Waals surface area (Å²) in [6.45, 7) is 0.475.